The maximum absolute atomic E-state index is 12.0. The smallest absolute Gasteiger partial charge is 0.247 e. The van der Waals surface area contributed by atoms with Crippen LogP contribution >= 0.6 is 0 Å². The number of rotatable bonds is 7. The van der Waals surface area contributed by atoms with Gasteiger partial charge in [-0.25, -0.2) is 0 Å². The van der Waals surface area contributed by atoms with E-state index in [1.807, 2.05) is 18.2 Å². The Morgan fingerprint density at radius 1 is 1.30 bits per heavy atom. The Morgan fingerprint density at radius 2 is 1.95 bits per heavy atom. The van der Waals surface area contributed by atoms with Crippen LogP contribution in [0.1, 0.15) is 25.3 Å². The van der Waals surface area contributed by atoms with Crippen LogP contribution in [-0.2, 0) is 15.1 Å². The van der Waals surface area contributed by atoms with E-state index in [2.05, 4.69) is 10.6 Å². The van der Waals surface area contributed by atoms with Crippen molar-refractivity contribution in [3.8, 4) is 0 Å². The lowest BCUT2D eigenvalue weighted by Gasteiger charge is -2.28. The molecule has 20 heavy (non-hydrogen) atoms. The fourth-order valence-corrected chi connectivity index (χ4v) is 2.08. The van der Waals surface area contributed by atoms with Gasteiger partial charge in [0.05, 0.1) is 6.54 Å². The van der Waals surface area contributed by atoms with Crippen LogP contribution in [0, 0.1) is 5.92 Å². The van der Waals surface area contributed by atoms with Gasteiger partial charge in [-0.1, -0.05) is 30.3 Å². The number of nitrogens with two attached hydrogens (primary N) is 1. The third-order valence-corrected chi connectivity index (χ3v) is 3.65. The van der Waals surface area contributed by atoms with E-state index < -0.39 is 11.4 Å². The molecule has 2 amide bonds. The SMILES string of the molecule is CC(NC(=O)CNCC1CC1)(C(N)=O)c1ccccc1. The highest BCUT2D eigenvalue weighted by Gasteiger charge is 2.34. The molecule has 0 spiro atoms. The predicted octanol–water partition coefficient (Wildman–Crippen LogP) is 0.503. The van der Waals surface area contributed by atoms with E-state index in [1.165, 1.54) is 12.8 Å². The van der Waals surface area contributed by atoms with Crippen molar-refractivity contribution in [2.24, 2.45) is 11.7 Å². The Hall–Kier alpha value is -1.88. The van der Waals surface area contributed by atoms with Gasteiger partial charge in [0.1, 0.15) is 5.54 Å². The topological polar surface area (TPSA) is 84.2 Å². The van der Waals surface area contributed by atoms with Crippen molar-refractivity contribution in [2.75, 3.05) is 13.1 Å². The lowest BCUT2D eigenvalue weighted by Crippen LogP contribution is -2.54. The summed E-state index contributed by atoms with van der Waals surface area (Å²) in [5, 5.41) is 5.82. The Bertz CT molecular complexity index is 485. The van der Waals surface area contributed by atoms with Crippen LogP contribution in [0.4, 0.5) is 0 Å². The minimum atomic E-state index is -1.18. The van der Waals surface area contributed by atoms with Crippen molar-refractivity contribution in [3.05, 3.63) is 35.9 Å². The molecule has 1 saturated carbocycles. The molecule has 1 atom stereocenters. The van der Waals surface area contributed by atoms with Crippen LogP contribution in [0.3, 0.4) is 0 Å². The first-order valence-electron chi connectivity index (χ1n) is 6.89. The summed E-state index contributed by atoms with van der Waals surface area (Å²) in [6.07, 6.45) is 2.47. The number of amides is 2. The zero-order valence-corrected chi connectivity index (χ0v) is 11.7. The first-order valence-corrected chi connectivity index (χ1v) is 6.89. The standard InChI is InChI=1S/C15H21N3O2/c1-15(14(16)20,12-5-3-2-4-6-12)18-13(19)10-17-9-11-7-8-11/h2-6,11,17H,7-10H2,1H3,(H2,16,20)(H,18,19). The van der Waals surface area contributed by atoms with Crippen LogP contribution < -0.4 is 16.4 Å². The minimum absolute atomic E-state index is 0.201. The van der Waals surface area contributed by atoms with E-state index in [4.69, 9.17) is 5.73 Å². The van der Waals surface area contributed by atoms with Crippen molar-refractivity contribution < 1.29 is 9.59 Å². The van der Waals surface area contributed by atoms with Gasteiger partial charge >= 0.3 is 0 Å². The summed E-state index contributed by atoms with van der Waals surface area (Å²) in [5.74, 6) is -0.0884. The Morgan fingerprint density at radius 3 is 2.50 bits per heavy atom. The molecule has 5 heteroatoms. The highest BCUT2D eigenvalue weighted by molar-refractivity contribution is 5.91. The summed E-state index contributed by atoms with van der Waals surface area (Å²) in [4.78, 5) is 23.7. The van der Waals surface area contributed by atoms with E-state index in [-0.39, 0.29) is 12.5 Å². The lowest BCUT2D eigenvalue weighted by molar-refractivity contribution is -0.131. The van der Waals surface area contributed by atoms with E-state index >= 15 is 0 Å². The van der Waals surface area contributed by atoms with Crippen molar-refractivity contribution >= 4 is 11.8 Å². The van der Waals surface area contributed by atoms with Gasteiger partial charge in [0.15, 0.2) is 0 Å². The number of hydrogen-bond acceptors (Lipinski definition) is 3. The summed E-state index contributed by atoms with van der Waals surface area (Å²) in [6, 6.07) is 9.04. The van der Waals surface area contributed by atoms with Crippen LogP contribution in [0.5, 0.6) is 0 Å². The average molecular weight is 275 g/mol. The van der Waals surface area contributed by atoms with Gasteiger partial charge in [-0.3, -0.25) is 9.59 Å². The number of primary amides is 1. The number of carbonyl (C=O) groups excluding carboxylic acids is 2. The Balaban J connectivity index is 1.97. The van der Waals surface area contributed by atoms with E-state index in [0.29, 0.717) is 11.5 Å². The summed E-state index contributed by atoms with van der Waals surface area (Å²) < 4.78 is 0. The molecular formula is C15H21N3O2. The second-order valence-electron chi connectivity index (χ2n) is 5.48. The van der Waals surface area contributed by atoms with Gasteiger partial charge < -0.3 is 16.4 Å². The van der Waals surface area contributed by atoms with Crippen molar-refractivity contribution in [1.82, 2.24) is 10.6 Å². The summed E-state index contributed by atoms with van der Waals surface area (Å²) >= 11 is 0. The molecule has 0 saturated heterocycles. The van der Waals surface area contributed by atoms with E-state index in [0.717, 1.165) is 6.54 Å². The zero-order valence-electron chi connectivity index (χ0n) is 11.7. The molecule has 1 aromatic carbocycles. The zero-order chi connectivity index (χ0) is 14.6. The molecular weight excluding hydrogens is 254 g/mol. The second kappa shape index (κ2) is 6.05. The quantitative estimate of drug-likeness (QED) is 0.677. The van der Waals surface area contributed by atoms with Crippen LogP contribution in [0.15, 0.2) is 30.3 Å². The molecule has 1 fully saturated rings. The molecule has 5 nitrogen and oxygen atoms in total. The number of benzene rings is 1. The molecule has 1 aromatic rings. The Kier molecular flexibility index (Phi) is 4.39. The number of nitrogens with one attached hydrogen (secondary N) is 2. The molecule has 0 aromatic heterocycles. The third-order valence-electron chi connectivity index (χ3n) is 3.65. The maximum atomic E-state index is 12.0. The number of carbonyl (C=O) groups is 2. The van der Waals surface area contributed by atoms with E-state index in [9.17, 15) is 9.59 Å². The fraction of sp³-hybridized carbons (Fsp3) is 0.467. The average Bonchev–Trinajstić information content (AvgIpc) is 3.23. The highest BCUT2D eigenvalue weighted by Crippen LogP contribution is 2.27. The van der Waals surface area contributed by atoms with Gasteiger partial charge in [-0.2, -0.15) is 0 Å². The van der Waals surface area contributed by atoms with Gasteiger partial charge in [0, 0.05) is 0 Å². The van der Waals surface area contributed by atoms with Crippen LogP contribution in [-0.4, -0.2) is 24.9 Å². The van der Waals surface area contributed by atoms with Crippen molar-refractivity contribution in [3.63, 3.8) is 0 Å². The largest absolute Gasteiger partial charge is 0.367 e. The molecule has 0 heterocycles. The fourth-order valence-electron chi connectivity index (χ4n) is 2.08. The second-order valence-corrected chi connectivity index (χ2v) is 5.48. The normalized spacial score (nSPS) is 17.2. The summed E-state index contributed by atoms with van der Waals surface area (Å²) in [6.45, 7) is 2.68. The molecule has 0 radical (unpaired) electrons. The Labute approximate surface area is 118 Å². The first kappa shape index (κ1) is 14.5. The van der Waals surface area contributed by atoms with Gasteiger partial charge in [0.25, 0.3) is 0 Å². The lowest BCUT2D eigenvalue weighted by atomic mass is 9.91. The minimum Gasteiger partial charge on any atom is -0.367 e. The number of hydrogen-bond donors (Lipinski definition) is 3. The van der Waals surface area contributed by atoms with Gasteiger partial charge in [-0.15, -0.1) is 0 Å². The van der Waals surface area contributed by atoms with E-state index in [1.54, 1.807) is 19.1 Å². The molecule has 4 N–H and O–H groups in total. The van der Waals surface area contributed by atoms with Crippen molar-refractivity contribution in [2.45, 2.75) is 25.3 Å². The molecule has 1 aliphatic carbocycles. The monoisotopic (exact) mass is 275 g/mol. The van der Waals surface area contributed by atoms with Gasteiger partial charge in [0.2, 0.25) is 11.8 Å². The predicted molar refractivity (Wildman–Crippen MR) is 76.7 cm³/mol. The molecule has 0 bridgehead atoms. The van der Waals surface area contributed by atoms with Crippen LogP contribution in [0.25, 0.3) is 0 Å². The molecule has 108 valence electrons. The first-order chi connectivity index (χ1) is 9.52. The van der Waals surface area contributed by atoms with Crippen molar-refractivity contribution in [1.29, 1.82) is 0 Å². The summed E-state index contributed by atoms with van der Waals surface area (Å²) in [5.41, 5.74) is 4.97. The molecule has 1 aliphatic rings. The third kappa shape index (κ3) is 3.57. The maximum Gasteiger partial charge on any atom is 0.247 e. The van der Waals surface area contributed by atoms with Gasteiger partial charge in [-0.05, 0) is 37.8 Å². The summed E-state index contributed by atoms with van der Waals surface area (Å²) in [7, 11) is 0. The highest BCUT2D eigenvalue weighted by atomic mass is 16.2. The van der Waals surface area contributed by atoms with Crippen LogP contribution in [0.2, 0.25) is 0 Å². The molecule has 1 unspecified atom stereocenters. The molecule has 0 aliphatic heterocycles. The molecule has 2 rings (SSSR count).